The normalized spacial score (nSPS) is 16.0. The Hall–Kier alpha value is -3.52. The first-order valence-corrected chi connectivity index (χ1v) is 10.6. The van der Waals surface area contributed by atoms with Gasteiger partial charge >= 0.3 is 5.97 Å². The fourth-order valence-corrected chi connectivity index (χ4v) is 4.58. The third-order valence-corrected chi connectivity index (χ3v) is 5.89. The maximum absolute atomic E-state index is 13.4. The van der Waals surface area contributed by atoms with Crippen molar-refractivity contribution in [3.05, 3.63) is 90.9 Å². The van der Waals surface area contributed by atoms with E-state index < -0.39 is 12.0 Å². The van der Waals surface area contributed by atoms with Gasteiger partial charge in [0, 0.05) is 12.4 Å². The summed E-state index contributed by atoms with van der Waals surface area (Å²) in [5.74, 6) is 0.144. The van der Waals surface area contributed by atoms with Crippen LogP contribution in [-0.4, -0.2) is 29.2 Å². The molecule has 3 aromatic rings. The predicted molar refractivity (Wildman–Crippen MR) is 118 cm³/mol. The van der Waals surface area contributed by atoms with Crippen LogP contribution >= 0.6 is 11.3 Å². The van der Waals surface area contributed by atoms with Crippen LogP contribution in [0.15, 0.2) is 69.8 Å². The maximum Gasteiger partial charge on any atom is 0.338 e. The standard InChI is InChI=1S/C23H21N3O4S/c1-4-30-22(28)19-14(2)25-23-26(20(19)16-8-5-9-17(12-16)29-3)21(27)18(31-23)11-15-7-6-10-24-13-15/h5-13,20H,4H2,1-3H3/b18-11+/t20-/m0/s1. The molecule has 0 spiro atoms. The molecule has 0 amide bonds. The van der Waals surface area contributed by atoms with E-state index in [2.05, 4.69) is 9.98 Å². The lowest BCUT2D eigenvalue weighted by atomic mass is 9.95. The minimum Gasteiger partial charge on any atom is -0.497 e. The second-order valence-electron chi connectivity index (χ2n) is 6.87. The molecule has 4 rings (SSSR count). The molecule has 1 aliphatic heterocycles. The molecule has 0 fully saturated rings. The highest BCUT2D eigenvalue weighted by Crippen LogP contribution is 2.32. The highest BCUT2D eigenvalue weighted by molar-refractivity contribution is 7.07. The number of fused-ring (bicyclic) bond motifs is 1. The first kappa shape index (κ1) is 20.7. The zero-order valence-electron chi connectivity index (χ0n) is 17.4. The zero-order valence-corrected chi connectivity index (χ0v) is 18.2. The summed E-state index contributed by atoms with van der Waals surface area (Å²) in [6.07, 6.45) is 5.15. The van der Waals surface area contributed by atoms with Crippen molar-refractivity contribution in [1.82, 2.24) is 9.55 Å². The first-order chi connectivity index (χ1) is 15.0. The Morgan fingerprint density at radius 1 is 1.29 bits per heavy atom. The molecular formula is C23H21N3O4S. The van der Waals surface area contributed by atoms with Crippen LogP contribution in [0.1, 0.15) is 31.0 Å². The number of methoxy groups -OCH3 is 1. The molecule has 0 unspecified atom stereocenters. The largest absolute Gasteiger partial charge is 0.497 e. The summed E-state index contributed by atoms with van der Waals surface area (Å²) in [7, 11) is 1.58. The second kappa shape index (κ2) is 8.69. The molecule has 7 nitrogen and oxygen atoms in total. The third-order valence-electron chi connectivity index (χ3n) is 4.91. The molecule has 0 aliphatic carbocycles. The molecule has 2 aromatic heterocycles. The molecule has 1 aliphatic rings. The monoisotopic (exact) mass is 435 g/mol. The number of ether oxygens (including phenoxy) is 2. The molecule has 1 atom stereocenters. The molecule has 1 aromatic carbocycles. The van der Waals surface area contributed by atoms with Gasteiger partial charge in [0.25, 0.3) is 5.56 Å². The molecule has 0 saturated carbocycles. The van der Waals surface area contributed by atoms with E-state index in [4.69, 9.17) is 9.47 Å². The Balaban J connectivity index is 1.97. The molecule has 0 N–H and O–H groups in total. The summed E-state index contributed by atoms with van der Waals surface area (Å²) >= 11 is 1.28. The van der Waals surface area contributed by atoms with Gasteiger partial charge in [0.1, 0.15) is 5.75 Å². The number of thiazole rings is 1. The quantitative estimate of drug-likeness (QED) is 0.574. The molecule has 8 heteroatoms. The van der Waals surface area contributed by atoms with Gasteiger partial charge in [-0.05, 0) is 49.2 Å². The number of hydrogen-bond donors (Lipinski definition) is 0. The summed E-state index contributed by atoms with van der Waals surface area (Å²) in [5.41, 5.74) is 2.20. The molecule has 31 heavy (non-hydrogen) atoms. The molecular weight excluding hydrogens is 414 g/mol. The van der Waals surface area contributed by atoms with E-state index >= 15 is 0 Å². The van der Waals surface area contributed by atoms with Crippen molar-refractivity contribution in [2.75, 3.05) is 13.7 Å². The van der Waals surface area contributed by atoms with Crippen LogP contribution in [-0.2, 0) is 9.53 Å². The fraction of sp³-hybridized carbons (Fsp3) is 0.217. The molecule has 0 radical (unpaired) electrons. The summed E-state index contributed by atoms with van der Waals surface area (Å²) in [5, 5.41) is 0. The van der Waals surface area contributed by atoms with E-state index in [9.17, 15) is 9.59 Å². The number of rotatable bonds is 5. The van der Waals surface area contributed by atoms with Gasteiger partial charge in [0.15, 0.2) is 4.80 Å². The van der Waals surface area contributed by atoms with Crippen LogP contribution in [0, 0.1) is 0 Å². The van der Waals surface area contributed by atoms with Gasteiger partial charge in [-0.25, -0.2) is 9.79 Å². The average Bonchev–Trinajstić information content (AvgIpc) is 3.08. The number of nitrogens with zero attached hydrogens (tertiary/aromatic N) is 3. The lowest BCUT2D eigenvalue weighted by Crippen LogP contribution is -2.39. The number of aromatic nitrogens is 2. The predicted octanol–water partition coefficient (Wildman–Crippen LogP) is 2.20. The van der Waals surface area contributed by atoms with Crippen molar-refractivity contribution in [3.8, 4) is 5.75 Å². The van der Waals surface area contributed by atoms with Gasteiger partial charge in [-0.2, -0.15) is 0 Å². The number of carbonyl (C=O) groups is 1. The summed E-state index contributed by atoms with van der Waals surface area (Å²) in [6, 6.07) is 10.4. The first-order valence-electron chi connectivity index (χ1n) is 9.77. The van der Waals surface area contributed by atoms with Crippen molar-refractivity contribution < 1.29 is 14.3 Å². The van der Waals surface area contributed by atoms with Crippen LogP contribution in [0.2, 0.25) is 0 Å². The highest BCUT2D eigenvalue weighted by atomic mass is 32.1. The minimum absolute atomic E-state index is 0.227. The van der Waals surface area contributed by atoms with Crippen LogP contribution in [0.5, 0.6) is 5.75 Å². The number of esters is 1. The van der Waals surface area contributed by atoms with Gasteiger partial charge < -0.3 is 9.47 Å². The number of carbonyl (C=O) groups excluding carboxylic acids is 1. The Bertz CT molecular complexity index is 1340. The Morgan fingerprint density at radius 2 is 2.13 bits per heavy atom. The summed E-state index contributed by atoms with van der Waals surface area (Å²) in [4.78, 5) is 35.5. The lowest BCUT2D eigenvalue weighted by Gasteiger charge is -2.25. The molecule has 3 heterocycles. The zero-order chi connectivity index (χ0) is 22.0. The molecule has 0 saturated heterocycles. The van der Waals surface area contributed by atoms with Crippen LogP contribution in [0.4, 0.5) is 0 Å². The molecule has 158 valence electrons. The van der Waals surface area contributed by atoms with Crippen LogP contribution in [0.25, 0.3) is 6.08 Å². The van der Waals surface area contributed by atoms with Crippen molar-refractivity contribution in [1.29, 1.82) is 0 Å². The van der Waals surface area contributed by atoms with Gasteiger partial charge in [-0.15, -0.1) is 0 Å². The van der Waals surface area contributed by atoms with E-state index in [0.717, 1.165) is 11.1 Å². The van der Waals surface area contributed by atoms with Gasteiger partial charge in [0.05, 0.1) is 35.6 Å². The topological polar surface area (TPSA) is 82.8 Å². The van der Waals surface area contributed by atoms with E-state index in [1.54, 1.807) is 44.0 Å². The SMILES string of the molecule is CCOC(=O)C1=C(C)N=c2s/c(=C/c3cccnc3)c(=O)n2[C@H]1c1cccc(OC)c1. The lowest BCUT2D eigenvalue weighted by molar-refractivity contribution is -0.139. The molecule has 0 bridgehead atoms. The summed E-state index contributed by atoms with van der Waals surface area (Å²) in [6.45, 7) is 3.74. The van der Waals surface area contributed by atoms with E-state index in [1.807, 2.05) is 36.4 Å². The number of hydrogen-bond acceptors (Lipinski definition) is 7. The fourth-order valence-electron chi connectivity index (χ4n) is 3.53. The van der Waals surface area contributed by atoms with Crippen molar-refractivity contribution in [2.45, 2.75) is 19.9 Å². The van der Waals surface area contributed by atoms with Gasteiger partial charge in [0.2, 0.25) is 0 Å². The van der Waals surface area contributed by atoms with Crippen molar-refractivity contribution in [2.24, 2.45) is 4.99 Å². The Morgan fingerprint density at radius 3 is 2.84 bits per heavy atom. The second-order valence-corrected chi connectivity index (χ2v) is 7.87. The maximum atomic E-state index is 13.4. The van der Waals surface area contributed by atoms with E-state index in [0.29, 0.717) is 26.4 Å². The highest BCUT2D eigenvalue weighted by Gasteiger charge is 2.33. The van der Waals surface area contributed by atoms with Crippen LogP contribution in [0.3, 0.4) is 0 Å². The van der Waals surface area contributed by atoms with Gasteiger partial charge in [-0.1, -0.05) is 29.5 Å². The third kappa shape index (κ3) is 3.94. The number of pyridine rings is 1. The van der Waals surface area contributed by atoms with Crippen molar-refractivity contribution in [3.63, 3.8) is 0 Å². The van der Waals surface area contributed by atoms with Gasteiger partial charge in [-0.3, -0.25) is 14.3 Å². The van der Waals surface area contributed by atoms with Crippen molar-refractivity contribution >= 4 is 23.4 Å². The smallest absolute Gasteiger partial charge is 0.338 e. The minimum atomic E-state index is -0.665. The number of benzene rings is 1. The van der Waals surface area contributed by atoms with Crippen LogP contribution < -0.4 is 19.6 Å². The Kier molecular flexibility index (Phi) is 5.81. The number of allylic oxidation sites excluding steroid dienone is 1. The summed E-state index contributed by atoms with van der Waals surface area (Å²) < 4.78 is 12.7. The van der Waals surface area contributed by atoms with E-state index in [-0.39, 0.29) is 12.2 Å². The Labute approximate surface area is 182 Å². The average molecular weight is 436 g/mol. The van der Waals surface area contributed by atoms with E-state index in [1.165, 1.54) is 11.3 Å².